The number of aryl methyl sites for hydroxylation is 1. The number of amides is 2. The lowest BCUT2D eigenvalue weighted by molar-refractivity contribution is -0.142. The van der Waals surface area contributed by atoms with Crippen LogP contribution in [0, 0.1) is 5.92 Å². The summed E-state index contributed by atoms with van der Waals surface area (Å²) >= 11 is 0. The van der Waals surface area contributed by atoms with Gasteiger partial charge in [0.1, 0.15) is 0 Å². The number of rotatable bonds is 10. The highest BCUT2D eigenvalue weighted by atomic mass is 16.5. The number of carbonyl (C=O) groups is 2. The maximum absolute atomic E-state index is 13.2. The molecule has 6 nitrogen and oxygen atoms in total. The van der Waals surface area contributed by atoms with Gasteiger partial charge in [0.25, 0.3) is 0 Å². The summed E-state index contributed by atoms with van der Waals surface area (Å²) in [6, 6.07) is 13.9. The summed E-state index contributed by atoms with van der Waals surface area (Å²) in [6.45, 7) is 1.99. The van der Waals surface area contributed by atoms with Gasteiger partial charge in [-0.05, 0) is 30.5 Å². The van der Waals surface area contributed by atoms with Crippen molar-refractivity contribution in [3.8, 4) is 0 Å². The molecule has 0 aliphatic heterocycles. The Morgan fingerprint density at radius 2 is 1.82 bits per heavy atom. The minimum atomic E-state index is -0.0462. The van der Waals surface area contributed by atoms with Gasteiger partial charge in [-0.3, -0.25) is 9.59 Å². The van der Waals surface area contributed by atoms with E-state index in [1.54, 1.807) is 12.0 Å². The van der Waals surface area contributed by atoms with Crippen molar-refractivity contribution in [2.45, 2.75) is 25.9 Å². The number of ether oxygens (including phenoxy) is 1. The van der Waals surface area contributed by atoms with E-state index in [-0.39, 0.29) is 24.3 Å². The van der Waals surface area contributed by atoms with Crippen molar-refractivity contribution in [1.29, 1.82) is 0 Å². The average Bonchev–Trinajstić information content (AvgIpc) is 3.48. The van der Waals surface area contributed by atoms with Crippen LogP contribution in [0.15, 0.2) is 48.7 Å². The van der Waals surface area contributed by atoms with Crippen LogP contribution in [0.5, 0.6) is 0 Å². The van der Waals surface area contributed by atoms with E-state index in [1.165, 1.54) is 0 Å². The first-order valence-electron chi connectivity index (χ1n) is 9.78. The zero-order chi connectivity index (χ0) is 19.9. The van der Waals surface area contributed by atoms with E-state index in [0.717, 1.165) is 24.1 Å². The van der Waals surface area contributed by atoms with E-state index in [9.17, 15) is 9.59 Å². The monoisotopic (exact) mass is 383 g/mol. The molecule has 0 radical (unpaired) electrons. The lowest BCUT2D eigenvalue weighted by Crippen LogP contribution is -2.44. The van der Waals surface area contributed by atoms with Crippen LogP contribution in [0.25, 0.3) is 0 Å². The molecule has 0 spiro atoms. The first kappa shape index (κ1) is 20.1. The van der Waals surface area contributed by atoms with Crippen molar-refractivity contribution in [3.63, 3.8) is 0 Å². The smallest absolute Gasteiger partial charge is 0.242 e. The Labute approximate surface area is 166 Å². The molecule has 1 heterocycles. The van der Waals surface area contributed by atoms with E-state index in [0.29, 0.717) is 26.2 Å². The molecule has 6 heteroatoms. The molecule has 1 aliphatic rings. The Morgan fingerprint density at radius 1 is 1.07 bits per heavy atom. The maximum Gasteiger partial charge on any atom is 0.242 e. The molecule has 1 aromatic heterocycles. The molecule has 0 unspecified atom stereocenters. The minimum Gasteiger partial charge on any atom is -0.383 e. The highest BCUT2D eigenvalue weighted by Gasteiger charge is 2.34. The maximum atomic E-state index is 13.2. The summed E-state index contributed by atoms with van der Waals surface area (Å²) in [5, 5.41) is 0. The van der Waals surface area contributed by atoms with Crippen LogP contribution in [0.4, 0.5) is 0 Å². The van der Waals surface area contributed by atoms with Gasteiger partial charge in [0.05, 0.1) is 19.7 Å². The summed E-state index contributed by atoms with van der Waals surface area (Å²) in [4.78, 5) is 29.3. The second-order valence-corrected chi connectivity index (χ2v) is 7.37. The highest BCUT2D eigenvalue weighted by molar-refractivity contribution is 5.87. The first-order valence-corrected chi connectivity index (χ1v) is 9.78. The quantitative estimate of drug-likeness (QED) is 0.633. The third kappa shape index (κ3) is 5.45. The molecular formula is C22H29N3O3. The molecule has 0 N–H and O–H groups in total. The molecule has 28 heavy (non-hydrogen) atoms. The van der Waals surface area contributed by atoms with Crippen LogP contribution in [0.3, 0.4) is 0 Å². The second-order valence-electron chi connectivity index (χ2n) is 7.37. The SMILES string of the molecule is COCCN(CC(=O)N(Cc1ccccc1)Cc1cccn1C)C(=O)C1CC1. The molecule has 0 bridgehead atoms. The van der Waals surface area contributed by atoms with Crippen molar-refractivity contribution in [3.05, 3.63) is 59.9 Å². The fourth-order valence-electron chi connectivity index (χ4n) is 3.21. The van der Waals surface area contributed by atoms with Gasteiger partial charge < -0.3 is 19.1 Å². The predicted molar refractivity (Wildman–Crippen MR) is 107 cm³/mol. The molecule has 0 saturated heterocycles. The Balaban J connectivity index is 1.73. The molecular weight excluding hydrogens is 354 g/mol. The molecule has 1 aliphatic carbocycles. The van der Waals surface area contributed by atoms with Gasteiger partial charge in [-0.1, -0.05) is 30.3 Å². The van der Waals surface area contributed by atoms with E-state index < -0.39 is 0 Å². The van der Waals surface area contributed by atoms with Gasteiger partial charge in [0.2, 0.25) is 11.8 Å². The molecule has 2 amide bonds. The number of nitrogens with zero attached hydrogens (tertiary/aromatic N) is 3. The van der Waals surface area contributed by atoms with E-state index in [1.807, 2.05) is 65.2 Å². The Hall–Kier alpha value is -2.60. The summed E-state index contributed by atoms with van der Waals surface area (Å²) in [6.07, 6.45) is 3.82. The van der Waals surface area contributed by atoms with E-state index in [2.05, 4.69) is 0 Å². The molecule has 1 fully saturated rings. The van der Waals surface area contributed by atoms with Gasteiger partial charge in [-0.2, -0.15) is 0 Å². The van der Waals surface area contributed by atoms with Crippen LogP contribution < -0.4 is 0 Å². The molecule has 2 aromatic rings. The van der Waals surface area contributed by atoms with Gasteiger partial charge in [-0.15, -0.1) is 0 Å². The van der Waals surface area contributed by atoms with Crippen LogP contribution in [0.1, 0.15) is 24.1 Å². The zero-order valence-corrected chi connectivity index (χ0v) is 16.7. The third-order valence-electron chi connectivity index (χ3n) is 5.10. The lowest BCUT2D eigenvalue weighted by Gasteiger charge is -2.28. The zero-order valence-electron chi connectivity index (χ0n) is 16.7. The summed E-state index contributed by atoms with van der Waals surface area (Å²) < 4.78 is 7.16. The Kier molecular flexibility index (Phi) is 6.87. The Morgan fingerprint density at radius 3 is 2.43 bits per heavy atom. The van der Waals surface area contributed by atoms with Crippen molar-refractivity contribution in [1.82, 2.24) is 14.4 Å². The van der Waals surface area contributed by atoms with Crippen LogP contribution >= 0.6 is 0 Å². The number of carbonyl (C=O) groups excluding carboxylic acids is 2. The number of aromatic nitrogens is 1. The first-order chi connectivity index (χ1) is 13.6. The largest absolute Gasteiger partial charge is 0.383 e. The summed E-state index contributed by atoms with van der Waals surface area (Å²) in [5.74, 6) is 0.110. The van der Waals surface area contributed by atoms with Crippen LogP contribution in [0.2, 0.25) is 0 Å². The molecule has 0 atom stereocenters. The number of hydrogen-bond donors (Lipinski definition) is 0. The van der Waals surface area contributed by atoms with Crippen LogP contribution in [-0.2, 0) is 34.5 Å². The fraction of sp³-hybridized carbons (Fsp3) is 0.455. The highest BCUT2D eigenvalue weighted by Crippen LogP contribution is 2.31. The van der Waals surface area contributed by atoms with Crippen molar-refractivity contribution >= 4 is 11.8 Å². The molecule has 3 rings (SSSR count). The summed E-state index contributed by atoms with van der Waals surface area (Å²) in [7, 11) is 3.58. The van der Waals surface area contributed by atoms with Crippen molar-refractivity contribution < 1.29 is 14.3 Å². The Bertz CT molecular complexity index is 783. The number of benzene rings is 1. The fourth-order valence-corrected chi connectivity index (χ4v) is 3.21. The molecule has 150 valence electrons. The summed E-state index contributed by atoms with van der Waals surface area (Å²) in [5.41, 5.74) is 2.13. The van der Waals surface area contributed by atoms with Crippen molar-refractivity contribution in [2.24, 2.45) is 13.0 Å². The predicted octanol–water partition coefficient (Wildman–Crippen LogP) is 2.44. The van der Waals surface area contributed by atoms with Crippen LogP contribution in [-0.4, -0.2) is 53.0 Å². The normalized spacial score (nSPS) is 13.4. The van der Waals surface area contributed by atoms with E-state index in [4.69, 9.17) is 4.74 Å². The molecule has 1 saturated carbocycles. The topological polar surface area (TPSA) is 54.8 Å². The minimum absolute atomic E-state index is 0.0462. The number of methoxy groups -OCH3 is 1. The van der Waals surface area contributed by atoms with Gasteiger partial charge in [0, 0.05) is 45.1 Å². The standard InChI is InChI=1S/C22H29N3O3/c1-23-12-6-9-20(23)16-25(15-18-7-4-3-5-8-18)21(26)17-24(13-14-28-2)22(27)19-10-11-19/h3-9,12,19H,10-11,13-17H2,1-2H3. The number of hydrogen-bond acceptors (Lipinski definition) is 3. The van der Waals surface area contributed by atoms with Crippen molar-refractivity contribution in [2.75, 3.05) is 26.8 Å². The van der Waals surface area contributed by atoms with Gasteiger partial charge >= 0.3 is 0 Å². The second kappa shape index (κ2) is 9.55. The molecule has 1 aromatic carbocycles. The van der Waals surface area contributed by atoms with Gasteiger partial charge in [-0.25, -0.2) is 0 Å². The van der Waals surface area contributed by atoms with Gasteiger partial charge in [0.15, 0.2) is 0 Å². The average molecular weight is 383 g/mol. The lowest BCUT2D eigenvalue weighted by atomic mass is 10.2. The van der Waals surface area contributed by atoms with E-state index >= 15 is 0 Å². The third-order valence-corrected chi connectivity index (χ3v) is 5.10.